The van der Waals surface area contributed by atoms with Crippen molar-refractivity contribution < 1.29 is 9.50 Å². The summed E-state index contributed by atoms with van der Waals surface area (Å²) in [6.07, 6.45) is -0.691. The Morgan fingerprint density at radius 2 is 1.95 bits per heavy atom. The summed E-state index contributed by atoms with van der Waals surface area (Å²) in [6, 6.07) is 8.91. The maximum Gasteiger partial charge on any atom is 0.146 e. The van der Waals surface area contributed by atoms with Crippen molar-refractivity contribution in [3.8, 4) is 0 Å². The van der Waals surface area contributed by atoms with Gasteiger partial charge in [0.1, 0.15) is 5.82 Å². The van der Waals surface area contributed by atoms with Crippen molar-refractivity contribution in [2.75, 3.05) is 11.9 Å². The number of thiophene rings is 1. The Morgan fingerprint density at radius 1 is 1.21 bits per heavy atom. The topological polar surface area (TPSA) is 23.5 Å². The van der Waals surface area contributed by atoms with Crippen LogP contribution in [-0.4, -0.2) is 12.2 Å². The molecule has 0 fully saturated rings. The molecule has 1 N–H and O–H groups in total. The number of aliphatic hydroxyl groups is 1. The third kappa shape index (κ3) is 2.80. The van der Waals surface area contributed by atoms with Crippen LogP contribution in [0, 0.1) is 5.82 Å². The molecule has 2 aromatic rings. The molecule has 2 atom stereocenters. The van der Waals surface area contributed by atoms with Crippen LogP contribution in [0.4, 0.5) is 10.1 Å². The van der Waals surface area contributed by atoms with E-state index in [9.17, 15) is 9.50 Å². The summed E-state index contributed by atoms with van der Waals surface area (Å²) in [4.78, 5) is 3.05. The van der Waals surface area contributed by atoms with E-state index >= 15 is 0 Å². The van der Waals surface area contributed by atoms with Gasteiger partial charge in [0, 0.05) is 17.5 Å². The fraction of sp³-hybridized carbons (Fsp3) is 0.333. The molecule has 0 aliphatic carbocycles. The minimum atomic E-state index is -0.691. The van der Waals surface area contributed by atoms with Gasteiger partial charge in [-0.15, -0.1) is 11.3 Å². The second kappa shape index (κ2) is 5.72. The van der Waals surface area contributed by atoms with E-state index in [1.54, 1.807) is 30.4 Å². The number of halogens is 1. The van der Waals surface area contributed by atoms with E-state index < -0.39 is 6.10 Å². The first-order chi connectivity index (χ1) is 9.02. The van der Waals surface area contributed by atoms with Crippen LogP contribution in [0.1, 0.15) is 36.4 Å². The summed E-state index contributed by atoms with van der Waals surface area (Å²) in [7, 11) is 1.86. The van der Waals surface area contributed by atoms with E-state index in [0.29, 0.717) is 11.3 Å². The smallest absolute Gasteiger partial charge is 0.146 e. The molecule has 0 aliphatic rings. The lowest BCUT2D eigenvalue weighted by atomic mass is 10.1. The average Bonchev–Trinajstić information content (AvgIpc) is 2.90. The van der Waals surface area contributed by atoms with Crippen molar-refractivity contribution in [3.63, 3.8) is 0 Å². The van der Waals surface area contributed by atoms with Crippen LogP contribution < -0.4 is 4.90 Å². The lowest BCUT2D eigenvalue weighted by molar-refractivity contribution is 0.199. The summed E-state index contributed by atoms with van der Waals surface area (Å²) < 4.78 is 14.1. The lowest BCUT2D eigenvalue weighted by Gasteiger charge is -2.29. The van der Waals surface area contributed by atoms with Gasteiger partial charge in [-0.25, -0.2) is 4.39 Å². The molecule has 0 amide bonds. The Hall–Kier alpha value is -1.39. The van der Waals surface area contributed by atoms with Gasteiger partial charge in [-0.2, -0.15) is 0 Å². The van der Waals surface area contributed by atoms with Crippen molar-refractivity contribution in [1.82, 2.24) is 0 Å². The molecule has 0 aliphatic heterocycles. The number of rotatable bonds is 4. The van der Waals surface area contributed by atoms with Crippen molar-refractivity contribution in [2.24, 2.45) is 0 Å². The van der Waals surface area contributed by atoms with Crippen molar-refractivity contribution in [1.29, 1.82) is 0 Å². The van der Waals surface area contributed by atoms with Crippen LogP contribution in [0.15, 0.2) is 35.7 Å². The van der Waals surface area contributed by atoms with Crippen LogP contribution in [-0.2, 0) is 0 Å². The Balaban J connectivity index is 2.41. The van der Waals surface area contributed by atoms with Crippen LogP contribution in [0.5, 0.6) is 0 Å². The highest BCUT2D eigenvalue weighted by molar-refractivity contribution is 7.10. The molecule has 1 aromatic carbocycles. The second-order valence-corrected chi connectivity index (χ2v) is 5.64. The highest BCUT2D eigenvalue weighted by Crippen LogP contribution is 2.34. The van der Waals surface area contributed by atoms with Gasteiger partial charge in [0.05, 0.1) is 17.8 Å². The molecule has 4 heteroatoms. The molecule has 0 saturated heterocycles. The Kier molecular flexibility index (Phi) is 4.22. The Labute approximate surface area is 117 Å². The number of para-hydroxylation sites is 1. The lowest BCUT2D eigenvalue weighted by Crippen LogP contribution is -2.23. The molecule has 2 rings (SSSR count). The first kappa shape index (κ1) is 14.0. The number of hydrogen-bond donors (Lipinski definition) is 1. The molecule has 0 radical (unpaired) electrons. The molecule has 1 aromatic heterocycles. The molecule has 102 valence electrons. The zero-order valence-corrected chi connectivity index (χ0v) is 12.1. The van der Waals surface area contributed by atoms with Crippen molar-refractivity contribution >= 4 is 17.0 Å². The first-order valence-corrected chi connectivity index (χ1v) is 7.13. The summed E-state index contributed by atoms with van der Waals surface area (Å²) >= 11 is 1.65. The molecule has 2 nitrogen and oxygen atoms in total. The van der Waals surface area contributed by atoms with Crippen LogP contribution >= 0.6 is 11.3 Å². The Morgan fingerprint density at radius 3 is 2.53 bits per heavy atom. The van der Waals surface area contributed by atoms with Crippen molar-refractivity contribution in [3.05, 3.63) is 52.0 Å². The van der Waals surface area contributed by atoms with Gasteiger partial charge in [0.2, 0.25) is 0 Å². The summed E-state index contributed by atoms with van der Waals surface area (Å²) in [5, 5.41) is 11.8. The van der Waals surface area contributed by atoms with Gasteiger partial charge in [-0.05, 0) is 31.4 Å². The SMILES string of the molecule is CC(c1cccs1)N(C)c1c(F)cccc1[C@@H](C)O. The van der Waals surface area contributed by atoms with Crippen LogP contribution in [0.25, 0.3) is 0 Å². The van der Waals surface area contributed by atoms with Gasteiger partial charge in [-0.1, -0.05) is 18.2 Å². The fourth-order valence-corrected chi connectivity index (χ4v) is 2.98. The van der Waals surface area contributed by atoms with E-state index in [0.717, 1.165) is 0 Å². The summed E-state index contributed by atoms with van der Waals surface area (Å²) in [5.41, 5.74) is 1.09. The van der Waals surface area contributed by atoms with Gasteiger partial charge in [0.15, 0.2) is 0 Å². The Bertz CT molecular complexity index is 539. The van der Waals surface area contributed by atoms with E-state index in [1.165, 1.54) is 10.9 Å². The molecule has 19 heavy (non-hydrogen) atoms. The number of hydrogen-bond acceptors (Lipinski definition) is 3. The van der Waals surface area contributed by atoms with E-state index in [1.807, 2.05) is 36.4 Å². The van der Waals surface area contributed by atoms with E-state index in [-0.39, 0.29) is 11.9 Å². The van der Waals surface area contributed by atoms with E-state index in [2.05, 4.69) is 0 Å². The van der Waals surface area contributed by atoms with Gasteiger partial charge >= 0.3 is 0 Å². The molecular formula is C15H18FNOS. The predicted octanol–water partition coefficient (Wildman–Crippen LogP) is 4.14. The second-order valence-electron chi connectivity index (χ2n) is 4.66. The predicted molar refractivity (Wildman–Crippen MR) is 78.2 cm³/mol. The molecule has 1 heterocycles. The number of benzene rings is 1. The van der Waals surface area contributed by atoms with Crippen LogP contribution in [0.2, 0.25) is 0 Å². The minimum absolute atomic E-state index is 0.0643. The molecular weight excluding hydrogens is 261 g/mol. The first-order valence-electron chi connectivity index (χ1n) is 6.25. The average molecular weight is 279 g/mol. The zero-order valence-electron chi connectivity index (χ0n) is 11.3. The third-order valence-corrected chi connectivity index (χ3v) is 4.40. The van der Waals surface area contributed by atoms with Gasteiger partial charge in [0.25, 0.3) is 0 Å². The van der Waals surface area contributed by atoms with E-state index in [4.69, 9.17) is 0 Å². The maximum atomic E-state index is 14.1. The molecule has 0 saturated carbocycles. The largest absolute Gasteiger partial charge is 0.389 e. The fourth-order valence-electron chi connectivity index (χ4n) is 2.15. The number of aliphatic hydroxyl groups excluding tert-OH is 1. The molecule has 0 bridgehead atoms. The minimum Gasteiger partial charge on any atom is -0.389 e. The highest BCUT2D eigenvalue weighted by atomic mass is 32.1. The number of anilines is 1. The summed E-state index contributed by atoms with van der Waals surface area (Å²) in [5.74, 6) is -0.302. The zero-order chi connectivity index (χ0) is 14.0. The van der Waals surface area contributed by atoms with Crippen molar-refractivity contribution in [2.45, 2.75) is 26.0 Å². The third-order valence-electron chi connectivity index (χ3n) is 3.36. The maximum absolute atomic E-state index is 14.1. The quantitative estimate of drug-likeness (QED) is 0.909. The van der Waals surface area contributed by atoms with Gasteiger partial charge in [-0.3, -0.25) is 0 Å². The number of nitrogens with zero attached hydrogens (tertiary/aromatic N) is 1. The monoisotopic (exact) mass is 279 g/mol. The normalized spacial score (nSPS) is 14.2. The standard InChI is InChI=1S/C15H18FNOS/c1-10(14-8-5-9-19-14)17(3)15-12(11(2)18)6-4-7-13(15)16/h4-11,18H,1-3H3/t10?,11-/m1/s1. The molecule has 1 unspecified atom stereocenters. The molecule has 0 spiro atoms. The van der Waals surface area contributed by atoms with Gasteiger partial charge < -0.3 is 10.0 Å². The van der Waals surface area contributed by atoms with Crippen LogP contribution in [0.3, 0.4) is 0 Å². The highest BCUT2D eigenvalue weighted by Gasteiger charge is 2.21. The summed E-state index contributed by atoms with van der Waals surface area (Å²) in [6.45, 7) is 3.69.